The number of amides is 1. The fraction of sp³-hybridized carbons (Fsp3) is 0.733. The Morgan fingerprint density at radius 1 is 1.50 bits per heavy atom. The van der Waals surface area contributed by atoms with Crippen molar-refractivity contribution >= 4 is 22.4 Å². The zero-order valence-corrected chi connectivity index (χ0v) is 13.3. The molecule has 2 rings (SSSR count). The summed E-state index contributed by atoms with van der Waals surface area (Å²) in [5.74, 6) is 0.837. The molecule has 0 spiro atoms. The Balaban J connectivity index is 1.98. The maximum absolute atomic E-state index is 12.6. The lowest BCUT2D eigenvalue weighted by Crippen LogP contribution is -2.40. The molecule has 112 valence electrons. The van der Waals surface area contributed by atoms with E-state index in [9.17, 15) is 4.79 Å². The van der Waals surface area contributed by atoms with Crippen LogP contribution in [0.15, 0.2) is 5.38 Å². The van der Waals surface area contributed by atoms with Gasteiger partial charge in [-0.05, 0) is 25.2 Å². The highest BCUT2D eigenvalue weighted by Gasteiger charge is 2.26. The van der Waals surface area contributed by atoms with Crippen LogP contribution in [-0.4, -0.2) is 28.4 Å². The van der Waals surface area contributed by atoms with Gasteiger partial charge in [0.2, 0.25) is 5.91 Å². The third-order valence-corrected chi connectivity index (χ3v) is 4.66. The quantitative estimate of drug-likeness (QED) is 0.877. The second-order valence-corrected chi connectivity index (χ2v) is 6.95. The van der Waals surface area contributed by atoms with Gasteiger partial charge in [-0.2, -0.15) is 0 Å². The van der Waals surface area contributed by atoms with Crippen LogP contribution in [0.1, 0.15) is 51.6 Å². The van der Waals surface area contributed by atoms with Crippen molar-refractivity contribution < 1.29 is 4.79 Å². The smallest absolute Gasteiger partial charge is 0.228 e. The molecule has 1 aromatic rings. The molecule has 1 fully saturated rings. The summed E-state index contributed by atoms with van der Waals surface area (Å²) in [6, 6.07) is 0.442. The zero-order valence-electron chi connectivity index (χ0n) is 12.5. The van der Waals surface area contributed by atoms with E-state index in [1.807, 2.05) is 5.38 Å². The Morgan fingerprint density at radius 3 is 2.75 bits per heavy atom. The number of anilines is 1. The largest absolute Gasteiger partial charge is 0.375 e. The Hall–Kier alpha value is -1.10. The molecule has 1 heterocycles. The summed E-state index contributed by atoms with van der Waals surface area (Å²) in [4.78, 5) is 18.9. The van der Waals surface area contributed by atoms with Crippen LogP contribution in [0.25, 0.3) is 0 Å². The molecular formula is C15H25N3OS. The number of nitrogens with zero attached hydrogens (tertiary/aromatic N) is 2. The monoisotopic (exact) mass is 295 g/mol. The molecule has 0 aliphatic heterocycles. The molecule has 20 heavy (non-hydrogen) atoms. The molecule has 0 unspecified atom stereocenters. The van der Waals surface area contributed by atoms with E-state index in [1.165, 1.54) is 24.2 Å². The molecular weight excluding hydrogens is 270 g/mol. The first kappa shape index (κ1) is 15.3. The van der Waals surface area contributed by atoms with Crippen molar-refractivity contribution in [2.45, 2.75) is 58.4 Å². The summed E-state index contributed by atoms with van der Waals surface area (Å²) in [5.41, 5.74) is 6.44. The number of thiazole rings is 1. The van der Waals surface area contributed by atoms with E-state index in [0.717, 1.165) is 31.5 Å². The van der Waals surface area contributed by atoms with E-state index in [1.54, 1.807) is 0 Å². The molecule has 1 saturated carbocycles. The van der Waals surface area contributed by atoms with E-state index < -0.39 is 0 Å². The normalized spacial score (nSPS) is 15.9. The average molecular weight is 295 g/mol. The zero-order chi connectivity index (χ0) is 14.5. The highest BCUT2D eigenvalue weighted by molar-refractivity contribution is 7.13. The maximum atomic E-state index is 12.6. The van der Waals surface area contributed by atoms with Crippen molar-refractivity contribution in [1.29, 1.82) is 0 Å². The van der Waals surface area contributed by atoms with Gasteiger partial charge >= 0.3 is 0 Å². The SMILES string of the molecule is CC(C)CCN(C(=O)Cc1csc(N)n1)C1CCCC1. The topological polar surface area (TPSA) is 59.2 Å². The Bertz CT molecular complexity index is 438. The van der Waals surface area contributed by atoms with Crippen LogP contribution in [0.5, 0.6) is 0 Å². The predicted octanol–water partition coefficient (Wildman–Crippen LogP) is 3.09. The van der Waals surface area contributed by atoms with Crippen LogP contribution in [0.3, 0.4) is 0 Å². The van der Waals surface area contributed by atoms with Crippen molar-refractivity contribution in [2.75, 3.05) is 12.3 Å². The molecule has 1 aliphatic carbocycles. The number of nitrogen functional groups attached to an aromatic ring is 1. The highest BCUT2D eigenvalue weighted by atomic mass is 32.1. The van der Waals surface area contributed by atoms with Gasteiger partial charge in [0.1, 0.15) is 0 Å². The fourth-order valence-corrected chi connectivity index (χ4v) is 3.35. The van der Waals surface area contributed by atoms with Crippen LogP contribution in [0.2, 0.25) is 0 Å². The van der Waals surface area contributed by atoms with E-state index in [0.29, 0.717) is 23.5 Å². The average Bonchev–Trinajstić information content (AvgIpc) is 3.01. The number of hydrogen-bond acceptors (Lipinski definition) is 4. The first-order valence-electron chi connectivity index (χ1n) is 7.55. The predicted molar refractivity (Wildman–Crippen MR) is 83.7 cm³/mol. The molecule has 0 radical (unpaired) electrons. The number of carbonyl (C=O) groups is 1. The standard InChI is InChI=1S/C15H25N3OS/c1-11(2)7-8-18(13-5-3-4-6-13)14(19)9-12-10-20-15(16)17-12/h10-11,13H,3-9H2,1-2H3,(H2,16,17). The van der Waals surface area contributed by atoms with Gasteiger partial charge in [0, 0.05) is 18.0 Å². The Morgan fingerprint density at radius 2 is 2.20 bits per heavy atom. The Labute approximate surface area is 125 Å². The van der Waals surface area contributed by atoms with Crippen molar-refractivity contribution in [3.8, 4) is 0 Å². The van der Waals surface area contributed by atoms with E-state index in [-0.39, 0.29) is 5.91 Å². The minimum Gasteiger partial charge on any atom is -0.375 e. The molecule has 2 N–H and O–H groups in total. The molecule has 0 atom stereocenters. The van der Waals surface area contributed by atoms with Crippen molar-refractivity contribution in [3.63, 3.8) is 0 Å². The minimum atomic E-state index is 0.211. The second kappa shape index (κ2) is 7.07. The van der Waals surface area contributed by atoms with Crippen molar-refractivity contribution in [3.05, 3.63) is 11.1 Å². The van der Waals surface area contributed by atoms with Gasteiger partial charge in [-0.1, -0.05) is 26.7 Å². The summed E-state index contributed by atoms with van der Waals surface area (Å²) in [6.45, 7) is 5.29. The van der Waals surface area contributed by atoms with Crippen LogP contribution < -0.4 is 5.73 Å². The molecule has 1 aromatic heterocycles. The maximum Gasteiger partial charge on any atom is 0.228 e. The third-order valence-electron chi connectivity index (χ3n) is 3.94. The Kier molecular flexibility index (Phi) is 5.40. The summed E-state index contributed by atoms with van der Waals surface area (Å²) in [6.07, 6.45) is 6.27. The first-order chi connectivity index (χ1) is 9.56. The summed E-state index contributed by atoms with van der Waals surface area (Å²) in [7, 11) is 0. The lowest BCUT2D eigenvalue weighted by molar-refractivity contribution is -0.133. The number of rotatable bonds is 6. The summed E-state index contributed by atoms with van der Waals surface area (Å²) in [5, 5.41) is 2.44. The van der Waals surface area contributed by atoms with Gasteiger partial charge in [-0.15, -0.1) is 11.3 Å². The minimum absolute atomic E-state index is 0.211. The van der Waals surface area contributed by atoms with E-state index in [4.69, 9.17) is 5.73 Å². The lowest BCUT2D eigenvalue weighted by atomic mass is 10.1. The van der Waals surface area contributed by atoms with Crippen LogP contribution in [-0.2, 0) is 11.2 Å². The van der Waals surface area contributed by atoms with Gasteiger partial charge in [0.05, 0.1) is 12.1 Å². The molecule has 4 nitrogen and oxygen atoms in total. The molecule has 0 saturated heterocycles. The van der Waals surface area contributed by atoms with Gasteiger partial charge in [0.15, 0.2) is 5.13 Å². The first-order valence-corrected chi connectivity index (χ1v) is 8.43. The molecule has 0 aromatic carbocycles. The summed E-state index contributed by atoms with van der Waals surface area (Å²) < 4.78 is 0. The van der Waals surface area contributed by atoms with Crippen LogP contribution in [0, 0.1) is 5.92 Å². The molecule has 1 aliphatic rings. The van der Waals surface area contributed by atoms with E-state index >= 15 is 0 Å². The molecule has 1 amide bonds. The number of aromatic nitrogens is 1. The summed E-state index contributed by atoms with van der Waals surface area (Å²) >= 11 is 1.40. The van der Waals surface area contributed by atoms with Crippen molar-refractivity contribution in [2.24, 2.45) is 5.92 Å². The number of nitrogens with two attached hydrogens (primary N) is 1. The van der Waals surface area contributed by atoms with Crippen molar-refractivity contribution in [1.82, 2.24) is 9.88 Å². The van der Waals surface area contributed by atoms with Gasteiger partial charge in [0.25, 0.3) is 0 Å². The molecule has 5 heteroatoms. The van der Waals surface area contributed by atoms with E-state index in [2.05, 4.69) is 23.7 Å². The highest BCUT2D eigenvalue weighted by Crippen LogP contribution is 2.25. The number of carbonyl (C=O) groups excluding carboxylic acids is 1. The lowest BCUT2D eigenvalue weighted by Gasteiger charge is -2.29. The third kappa shape index (κ3) is 4.20. The van der Waals surface area contributed by atoms with Gasteiger partial charge in [-0.3, -0.25) is 4.79 Å². The van der Waals surface area contributed by atoms with Gasteiger partial charge < -0.3 is 10.6 Å². The second-order valence-electron chi connectivity index (χ2n) is 6.06. The number of hydrogen-bond donors (Lipinski definition) is 1. The van der Waals surface area contributed by atoms with Crippen LogP contribution in [0.4, 0.5) is 5.13 Å². The van der Waals surface area contributed by atoms with Crippen LogP contribution >= 0.6 is 11.3 Å². The fourth-order valence-electron chi connectivity index (χ4n) is 2.78. The molecule has 0 bridgehead atoms. The van der Waals surface area contributed by atoms with Gasteiger partial charge in [-0.25, -0.2) is 4.98 Å².